The van der Waals surface area contributed by atoms with Gasteiger partial charge in [0.2, 0.25) is 0 Å². The summed E-state index contributed by atoms with van der Waals surface area (Å²) in [5.74, 6) is 0.0281. The van der Waals surface area contributed by atoms with E-state index in [0.717, 1.165) is 0 Å². The second-order valence-electron chi connectivity index (χ2n) is 3.66. The number of halogens is 1. The molecule has 2 rings (SSSR count). The number of carbonyl (C=O) groups excluding carboxylic acids is 1. The molecular weight excluding hydrogens is 254 g/mol. The van der Waals surface area contributed by atoms with Gasteiger partial charge in [0.25, 0.3) is 5.91 Å². The van der Waals surface area contributed by atoms with Crippen molar-refractivity contribution in [2.75, 3.05) is 5.32 Å². The van der Waals surface area contributed by atoms with Crippen LogP contribution in [0, 0.1) is 13.8 Å². The van der Waals surface area contributed by atoms with Gasteiger partial charge >= 0.3 is 0 Å². The van der Waals surface area contributed by atoms with Gasteiger partial charge in [-0.3, -0.25) is 4.79 Å². The number of hydrogen-bond donors (Lipinski definition) is 1. The Morgan fingerprint density at radius 1 is 1.22 bits per heavy atom. The lowest BCUT2D eigenvalue weighted by atomic mass is 10.2. The quantitative estimate of drug-likeness (QED) is 0.893. The highest BCUT2D eigenvalue weighted by atomic mass is 35.5. The van der Waals surface area contributed by atoms with E-state index in [4.69, 9.17) is 11.6 Å². The van der Waals surface area contributed by atoms with Crippen molar-refractivity contribution in [1.29, 1.82) is 0 Å². The Labute approximate surface area is 108 Å². The third-order valence-electron chi connectivity index (χ3n) is 2.21. The predicted molar refractivity (Wildman–Crippen MR) is 66.5 cm³/mol. The van der Waals surface area contributed by atoms with Gasteiger partial charge in [0, 0.05) is 0 Å². The number of rotatable bonds is 2. The fourth-order valence-corrected chi connectivity index (χ4v) is 1.44. The number of carbonyl (C=O) groups is 1. The minimum absolute atomic E-state index is 0.269. The second kappa shape index (κ2) is 5.05. The van der Waals surface area contributed by atoms with E-state index in [0.29, 0.717) is 22.8 Å². The molecule has 0 unspecified atom stereocenters. The minimum Gasteiger partial charge on any atom is -0.305 e. The summed E-state index contributed by atoms with van der Waals surface area (Å²) in [5, 5.41) is 10.6. The second-order valence-corrected chi connectivity index (χ2v) is 4.05. The summed E-state index contributed by atoms with van der Waals surface area (Å²) in [6, 6.07) is 1.67. The molecule has 0 aromatic carbocycles. The number of aryl methyl sites for hydroxylation is 2. The Hall–Kier alpha value is -2.08. The smallest absolute Gasteiger partial charge is 0.258 e. The monoisotopic (exact) mass is 263 g/mol. The lowest BCUT2D eigenvalue weighted by molar-refractivity contribution is 0.102. The van der Waals surface area contributed by atoms with Gasteiger partial charge in [-0.05, 0) is 19.9 Å². The lowest BCUT2D eigenvalue weighted by Gasteiger charge is -2.06. The van der Waals surface area contributed by atoms with Gasteiger partial charge in [-0.15, -0.1) is 0 Å². The van der Waals surface area contributed by atoms with Crippen LogP contribution < -0.4 is 5.32 Å². The van der Waals surface area contributed by atoms with Crippen molar-refractivity contribution in [2.45, 2.75) is 13.8 Å². The molecule has 2 aromatic heterocycles. The van der Waals surface area contributed by atoms with Crippen molar-refractivity contribution < 1.29 is 4.79 Å². The van der Waals surface area contributed by atoms with Gasteiger partial charge in [0.1, 0.15) is 5.15 Å². The molecule has 0 aliphatic heterocycles. The van der Waals surface area contributed by atoms with Crippen LogP contribution >= 0.6 is 11.6 Å². The van der Waals surface area contributed by atoms with Gasteiger partial charge in [-0.1, -0.05) is 11.6 Å². The highest BCUT2D eigenvalue weighted by Gasteiger charge is 2.12. The average molecular weight is 264 g/mol. The molecule has 6 nitrogen and oxygen atoms in total. The fraction of sp³-hybridized carbons (Fsp3) is 0.182. The van der Waals surface area contributed by atoms with Crippen LogP contribution in [0.1, 0.15) is 21.7 Å². The molecule has 0 saturated heterocycles. The van der Waals surface area contributed by atoms with Gasteiger partial charge in [0.15, 0.2) is 5.82 Å². The molecule has 0 saturated carbocycles. The van der Waals surface area contributed by atoms with E-state index in [1.54, 1.807) is 19.9 Å². The van der Waals surface area contributed by atoms with Crippen LogP contribution in [-0.2, 0) is 0 Å². The maximum absolute atomic E-state index is 12.0. The Bertz CT molecular complexity index is 584. The van der Waals surface area contributed by atoms with E-state index in [1.165, 1.54) is 12.4 Å². The van der Waals surface area contributed by atoms with E-state index in [2.05, 4.69) is 25.5 Å². The third kappa shape index (κ3) is 2.78. The molecule has 0 bridgehead atoms. The largest absolute Gasteiger partial charge is 0.305 e. The number of nitrogens with zero attached hydrogens (tertiary/aromatic N) is 4. The number of aromatic nitrogens is 4. The fourth-order valence-electron chi connectivity index (χ4n) is 1.34. The topological polar surface area (TPSA) is 80.7 Å². The normalized spacial score (nSPS) is 10.2. The zero-order valence-electron chi connectivity index (χ0n) is 9.81. The zero-order chi connectivity index (χ0) is 13.1. The maximum Gasteiger partial charge on any atom is 0.258 e. The predicted octanol–water partition coefficient (Wildman–Crippen LogP) is 1.79. The minimum atomic E-state index is -0.304. The zero-order valence-corrected chi connectivity index (χ0v) is 10.6. The van der Waals surface area contributed by atoms with E-state index >= 15 is 0 Å². The van der Waals surface area contributed by atoms with Crippen molar-refractivity contribution in [3.63, 3.8) is 0 Å². The summed E-state index contributed by atoms with van der Waals surface area (Å²) in [6.07, 6.45) is 2.75. The number of amides is 1. The van der Waals surface area contributed by atoms with Gasteiger partial charge in [-0.2, -0.15) is 10.2 Å². The number of nitrogens with one attached hydrogen (secondary N) is 1. The number of hydrogen-bond acceptors (Lipinski definition) is 5. The molecule has 0 aliphatic carbocycles. The molecule has 0 aliphatic rings. The van der Waals surface area contributed by atoms with Crippen LogP contribution in [0.25, 0.3) is 0 Å². The van der Waals surface area contributed by atoms with Gasteiger partial charge < -0.3 is 5.32 Å². The van der Waals surface area contributed by atoms with Crippen LogP contribution in [0.2, 0.25) is 5.15 Å². The molecule has 2 aromatic rings. The van der Waals surface area contributed by atoms with Crippen molar-refractivity contribution in [1.82, 2.24) is 20.2 Å². The summed E-state index contributed by atoms with van der Waals surface area (Å²) >= 11 is 5.61. The molecule has 0 spiro atoms. The molecule has 0 fully saturated rings. The van der Waals surface area contributed by atoms with Crippen molar-refractivity contribution in [3.8, 4) is 0 Å². The van der Waals surface area contributed by atoms with Crippen LogP contribution in [0.15, 0.2) is 18.5 Å². The summed E-state index contributed by atoms with van der Waals surface area (Å²) in [5.41, 5.74) is 1.69. The molecule has 18 heavy (non-hydrogen) atoms. The summed E-state index contributed by atoms with van der Waals surface area (Å²) in [4.78, 5) is 19.8. The first-order valence-electron chi connectivity index (χ1n) is 5.16. The average Bonchev–Trinajstić information content (AvgIpc) is 2.35. The maximum atomic E-state index is 12.0. The Morgan fingerprint density at radius 3 is 2.67 bits per heavy atom. The molecule has 7 heteroatoms. The highest BCUT2D eigenvalue weighted by molar-refractivity contribution is 6.29. The summed E-state index contributed by atoms with van der Waals surface area (Å²) in [7, 11) is 0. The first-order valence-corrected chi connectivity index (χ1v) is 5.54. The molecule has 2 heterocycles. The lowest BCUT2D eigenvalue weighted by Crippen LogP contribution is -2.16. The van der Waals surface area contributed by atoms with Crippen LogP contribution in [-0.4, -0.2) is 26.1 Å². The molecular formula is C11H10ClN5O. The van der Waals surface area contributed by atoms with Crippen LogP contribution in [0.4, 0.5) is 5.82 Å². The summed E-state index contributed by atoms with van der Waals surface area (Å²) in [6.45, 7) is 3.49. The molecule has 92 valence electrons. The summed E-state index contributed by atoms with van der Waals surface area (Å²) < 4.78 is 0. The first kappa shape index (κ1) is 12.4. The highest BCUT2D eigenvalue weighted by Crippen LogP contribution is 2.10. The van der Waals surface area contributed by atoms with Crippen molar-refractivity contribution in [3.05, 3.63) is 40.6 Å². The molecule has 1 N–H and O–H groups in total. The SMILES string of the molecule is Cc1cc(C(=O)Nc2cnc(Cl)cn2)c(C)nn1. The van der Waals surface area contributed by atoms with Crippen LogP contribution in [0.3, 0.4) is 0 Å². The Morgan fingerprint density at radius 2 is 2.00 bits per heavy atom. The van der Waals surface area contributed by atoms with E-state index in [9.17, 15) is 4.79 Å². The van der Waals surface area contributed by atoms with E-state index in [-0.39, 0.29) is 11.1 Å². The van der Waals surface area contributed by atoms with Crippen molar-refractivity contribution in [2.24, 2.45) is 0 Å². The first-order chi connectivity index (χ1) is 8.56. The Balaban J connectivity index is 2.21. The van der Waals surface area contributed by atoms with Crippen LogP contribution in [0.5, 0.6) is 0 Å². The van der Waals surface area contributed by atoms with Crippen molar-refractivity contribution >= 4 is 23.3 Å². The molecule has 0 atom stereocenters. The molecule has 0 radical (unpaired) electrons. The Kier molecular flexibility index (Phi) is 3.47. The van der Waals surface area contributed by atoms with E-state index < -0.39 is 0 Å². The number of anilines is 1. The van der Waals surface area contributed by atoms with E-state index in [1.807, 2.05) is 0 Å². The third-order valence-corrected chi connectivity index (χ3v) is 2.40. The standard InChI is InChI=1S/C11H10ClN5O/c1-6-3-8(7(2)17-16-6)11(18)15-10-5-13-9(12)4-14-10/h3-5H,1-2H3,(H,14,15,18). The van der Waals surface area contributed by atoms with Gasteiger partial charge in [-0.25, -0.2) is 9.97 Å². The molecule has 1 amide bonds. The van der Waals surface area contributed by atoms with Gasteiger partial charge in [0.05, 0.1) is 29.3 Å².